The van der Waals surface area contributed by atoms with Gasteiger partial charge in [-0.05, 0) is 36.5 Å². The second kappa shape index (κ2) is 7.24. The third-order valence-corrected chi connectivity index (χ3v) is 4.50. The van der Waals surface area contributed by atoms with E-state index in [0.717, 1.165) is 5.56 Å². The number of fused-ring (bicyclic) bond motifs is 1. The Kier molecular flexibility index (Phi) is 4.62. The lowest BCUT2D eigenvalue weighted by atomic mass is 10.0. The molecular formula is C20H16N4O3S. The molecule has 140 valence electrons. The topological polar surface area (TPSA) is 92.9 Å². The number of ether oxygens (including phenoxy) is 2. The van der Waals surface area contributed by atoms with Crippen molar-refractivity contribution in [3.8, 4) is 34.0 Å². The molecule has 0 amide bonds. The molecule has 4 rings (SSSR count). The van der Waals surface area contributed by atoms with Crippen molar-refractivity contribution in [3.63, 3.8) is 0 Å². The van der Waals surface area contributed by atoms with Crippen molar-refractivity contribution < 1.29 is 9.47 Å². The Bertz CT molecular complexity index is 1300. The minimum atomic E-state index is -0.408. The van der Waals surface area contributed by atoms with Gasteiger partial charge in [-0.3, -0.25) is 9.78 Å². The molecule has 2 aromatic heterocycles. The van der Waals surface area contributed by atoms with Crippen molar-refractivity contribution in [1.82, 2.24) is 19.9 Å². The van der Waals surface area contributed by atoms with Crippen LogP contribution in [-0.4, -0.2) is 34.2 Å². The van der Waals surface area contributed by atoms with Crippen LogP contribution in [0.15, 0.2) is 53.3 Å². The number of nitrogens with zero attached hydrogens (tertiary/aromatic N) is 2. The van der Waals surface area contributed by atoms with E-state index in [0.29, 0.717) is 34.1 Å². The van der Waals surface area contributed by atoms with Crippen LogP contribution in [0.5, 0.6) is 11.5 Å². The fraction of sp³-hybridized carbons (Fsp3) is 0.100. The molecule has 2 heterocycles. The first-order valence-electron chi connectivity index (χ1n) is 8.43. The number of H-pyrrole nitrogens is 2. The van der Waals surface area contributed by atoms with Crippen molar-refractivity contribution in [2.24, 2.45) is 0 Å². The van der Waals surface area contributed by atoms with E-state index in [4.69, 9.17) is 21.7 Å². The molecule has 28 heavy (non-hydrogen) atoms. The van der Waals surface area contributed by atoms with E-state index in [1.165, 1.54) is 0 Å². The molecule has 0 aliphatic heterocycles. The fourth-order valence-electron chi connectivity index (χ4n) is 3.04. The molecule has 2 aromatic carbocycles. The molecule has 0 aliphatic carbocycles. The normalized spacial score (nSPS) is 10.8. The van der Waals surface area contributed by atoms with Crippen molar-refractivity contribution in [2.45, 2.75) is 0 Å². The van der Waals surface area contributed by atoms with Crippen LogP contribution >= 0.6 is 12.2 Å². The van der Waals surface area contributed by atoms with Crippen molar-refractivity contribution >= 4 is 23.4 Å². The molecule has 2 N–H and O–H groups in total. The molecule has 0 spiro atoms. The average Bonchev–Trinajstić information content (AvgIpc) is 2.72. The van der Waals surface area contributed by atoms with E-state index in [2.05, 4.69) is 19.9 Å². The van der Waals surface area contributed by atoms with Gasteiger partial charge in [-0.15, -0.1) is 0 Å². The van der Waals surface area contributed by atoms with Crippen LogP contribution in [-0.2, 0) is 0 Å². The van der Waals surface area contributed by atoms with E-state index in [-0.39, 0.29) is 10.3 Å². The lowest BCUT2D eigenvalue weighted by Crippen LogP contribution is -2.12. The number of aromatic nitrogens is 4. The predicted octanol–water partition coefficient (Wildman–Crippen LogP) is 3.73. The fourth-order valence-corrected chi connectivity index (χ4v) is 3.23. The maximum absolute atomic E-state index is 12.4. The molecule has 0 atom stereocenters. The molecular weight excluding hydrogens is 376 g/mol. The van der Waals surface area contributed by atoms with E-state index < -0.39 is 5.56 Å². The van der Waals surface area contributed by atoms with E-state index in [1.807, 2.05) is 48.5 Å². The highest BCUT2D eigenvalue weighted by atomic mass is 32.1. The summed E-state index contributed by atoms with van der Waals surface area (Å²) in [5.74, 6) is 1.25. The highest BCUT2D eigenvalue weighted by molar-refractivity contribution is 7.71. The second-order valence-corrected chi connectivity index (χ2v) is 6.34. The Morgan fingerprint density at radius 3 is 1.93 bits per heavy atom. The number of hydrogen-bond acceptors (Lipinski definition) is 6. The molecule has 0 aliphatic rings. The van der Waals surface area contributed by atoms with Crippen molar-refractivity contribution in [2.75, 3.05) is 14.2 Å². The first kappa shape index (κ1) is 17.9. The molecule has 8 heteroatoms. The summed E-state index contributed by atoms with van der Waals surface area (Å²) in [6.07, 6.45) is 0. The van der Waals surface area contributed by atoms with Gasteiger partial charge in [0.05, 0.1) is 14.2 Å². The van der Waals surface area contributed by atoms with Crippen LogP contribution in [0.1, 0.15) is 0 Å². The first-order chi connectivity index (χ1) is 13.6. The molecule has 0 radical (unpaired) electrons. The zero-order valence-electron chi connectivity index (χ0n) is 15.1. The monoisotopic (exact) mass is 392 g/mol. The summed E-state index contributed by atoms with van der Waals surface area (Å²) in [5, 5.41) is 0. The summed E-state index contributed by atoms with van der Waals surface area (Å²) in [4.78, 5) is 27.2. The minimum Gasteiger partial charge on any atom is -0.496 e. The van der Waals surface area contributed by atoms with Gasteiger partial charge in [0.1, 0.15) is 22.9 Å². The summed E-state index contributed by atoms with van der Waals surface area (Å²) in [6.45, 7) is 0. The van der Waals surface area contributed by atoms with Crippen LogP contribution in [0.25, 0.3) is 33.7 Å². The van der Waals surface area contributed by atoms with E-state index in [9.17, 15) is 4.79 Å². The lowest BCUT2D eigenvalue weighted by Gasteiger charge is -2.14. The number of rotatable bonds is 4. The van der Waals surface area contributed by atoms with Crippen LogP contribution in [0, 0.1) is 4.77 Å². The van der Waals surface area contributed by atoms with Gasteiger partial charge < -0.3 is 14.5 Å². The highest BCUT2D eigenvalue weighted by Gasteiger charge is 2.20. The van der Waals surface area contributed by atoms with Crippen molar-refractivity contribution in [1.29, 1.82) is 0 Å². The zero-order chi connectivity index (χ0) is 19.7. The average molecular weight is 392 g/mol. The SMILES string of the molecule is COc1ccccc1-c1nc2[nH]c(=S)[nH]c(=O)c2nc1-c1ccccc1OC. The first-order valence-corrected chi connectivity index (χ1v) is 8.84. The Morgan fingerprint density at radius 1 is 0.821 bits per heavy atom. The van der Waals surface area contributed by atoms with Crippen LogP contribution in [0.3, 0.4) is 0 Å². The van der Waals surface area contributed by atoms with Gasteiger partial charge in [-0.2, -0.15) is 0 Å². The van der Waals surface area contributed by atoms with Crippen molar-refractivity contribution in [3.05, 3.63) is 63.7 Å². The summed E-state index contributed by atoms with van der Waals surface area (Å²) >= 11 is 5.08. The Hall–Kier alpha value is -3.52. The highest BCUT2D eigenvalue weighted by Crippen LogP contribution is 2.38. The van der Waals surface area contributed by atoms with Crippen LogP contribution in [0.4, 0.5) is 0 Å². The smallest absolute Gasteiger partial charge is 0.279 e. The number of methoxy groups -OCH3 is 2. The number of aromatic amines is 2. The molecule has 0 saturated heterocycles. The zero-order valence-corrected chi connectivity index (χ0v) is 16.0. The van der Waals surface area contributed by atoms with Gasteiger partial charge in [-0.1, -0.05) is 24.3 Å². The van der Waals surface area contributed by atoms with Gasteiger partial charge in [0.25, 0.3) is 5.56 Å². The van der Waals surface area contributed by atoms with Gasteiger partial charge in [0, 0.05) is 11.1 Å². The van der Waals surface area contributed by atoms with E-state index in [1.54, 1.807) is 14.2 Å². The molecule has 0 saturated carbocycles. The standard InChI is InChI=1S/C20H16N4O3S/c1-26-13-9-5-3-7-11(13)15-16(12-8-4-6-10-14(12)27-2)22-18-17(21-15)19(25)24-20(28)23-18/h3-10H,1-2H3,(H2,22,23,24,25,28). The Morgan fingerprint density at radius 2 is 1.36 bits per heavy atom. The summed E-state index contributed by atoms with van der Waals surface area (Å²) in [7, 11) is 3.18. The van der Waals surface area contributed by atoms with Gasteiger partial charge in [0.2, 0.25) is 0 Å². The number of benzene rings is 2. The molecule has 0 unspecified atom stereocenters. The minimum absolute atomic E-state index is 0.160. The number of nitrogens with one attached hydrogen (secondary N) is 2. The van der Waals surface area contributed by atoms with Crippen LogP contribution in [0.2, 0.25) is 0 Å². The third kappa shape index (κ3) is 3.03. The molecule has 0 fully saturated rings. The summed E-state index contributed by atoms with van der Waals surface area (Å²) in [6, 6.07) is 14.9. The molecule has 4 aromatic rings. The number of hydrogen-bond donors (Lipinski definition) is 2. The van der Waals surface area contributed by atoms with Gasteiger partial charge >= 0.3 is 0 Å². The molecule has 7 nitrogen and oxygen atoms in total. The Labute approximate surface area is 165 Å². The third-order valence-electron chi connectivity index (χ3n) is 4.29. The summed E-state index contributed by atoms with van der Waals surface area (Å²) in [5.41, 5.74) is 2.55. The molecule has 0 bridgehead atoms. The summed E-state index contributed by atoms with van der Waals surface area (Å²) < 4.78 is 11.2. The quantitative estimate of drug-likeness (QED) is 0.514. The lowest BCUT2D eigenvalue weighted by molar-refractivity contribution is 0.415. The maximum atomic E-state index is 12.4. The van der Waals surface area contributed by atoms with Gasteiger partial charge in [-0.25, -0.2) is 9.97 Å². The number of para-hydroxylation sites is 2. The van der Waals surface area contributed by atoms with Crippen LogP contribution < -0.4 is 15.0 Å². The van der Waals surface area contributed by atoms with E-state index >= 15 is 0 Å². The van der Waals surface area contributed by atoms with Gasteiger partial charge in [0.15, 0.2) is 15.9 Å². The second-order valence-electron chi connectivity index (χ2n) is 5.93. The predicted molar refractivity (Wildman–Crippen MR) is 109 cm³/mol. The Balaban J connectivity index is 2.15. The largest absolute Gasteiger partial charge is 0.496 e. The maximum Gasteiger partial charge on any atom is 0.279 e.